The van der Waals surface area contributed by atoms with Gasteiger partial charge in [-0.25, -0.2) is 0 Å². The molecule has 0 unspecified atom stereocenters. The van der Waals surface area contributed by atoms with Crippen molar-refractivity contribution >= 4 is 17.5 Å². The number of carbonyl (C=O) groups excluding carboxylic acids is 2. The highest BCUT2D eigenvalue weighted by Crippen LogP contribution is 2.20. The van der Waals surface area contributed by atoms with Gasteiger partial charge in [0.2, 0.25) is 5.91 Å². The van der Waals surface area contributed by atoms with Crippen molar-refractivity contribution in [2.75, 3.05) is 19.0 Å². The van der Waals surface area contributed by atoms with Gasteiger partial charge in [-0.2, -0.15) is 0 Å². The van der Waals surface area contributed by atoms with E-state index in [9.17, 15) is 9.59 Å². The van der Waals surface area contributed by atoms with Crippen molar-refractivity contribution in [3.8, 4) is 5.75 Å². The van der Waals surface area contributed by atoms with Crippen molar-refractivity contribution in [3.05, 3.63) is 95.1 Å². The standard InChI is InChI=1S/C26H28N2O3/c1-19-18-21(12-14-24(19)31-2)13-15-25(29)28-23-11-7-6-10-22(23)26(30)27-17-16-20-8-4-3-5-9-20/h3-12,14,18H,13,15-17H2,1-2H3,(H,27,30)(H,28,29). The number of rotatable bonds is 9. The highest BCUT2D eigenvalue weighted by molar-refractivity contribution is 6.03. The minimum atomic E-state index is -0.197. The monoisotopic (exact) mass is 416 g/mol. The number of methoxy groups -OCH3 is 1. The highest BCUT2D eigenvalue weighted by Gasteiger charge is 2.13. The van der Waals surface area contributed by atoms with Crippen molar-refractivity contribution in [2.24, 2.45) is 0 Å². The van der Waals surface area contributed by atoms with Crippen LogP contribution in [0.5, 0.6) is 5.75 Å². The molecule has 0 atom stereocenters. The van der Waals surface area contributed by atoms with Crippen LogP contribution in [0.4, 0.5) is 5.69 Å². The smallest absolute Gasteiger partial charge is 0.253 e. The second-order valence-corrected chi connectivity index (χ2v) is 7.39. The van der Waals surface area contributed by atoms with Gasteiger partial charge in [-0.1, -0.05) is 54.6 Å². The number of carbonyl (C=O) groups is 2. The number of amides is 2. The second-order valence-electron chi connectivity index (χ2n) is 7.39. The van der Waals surface area contributed by atoms with Crippen LogP contribution in [-0.2, 0) is 17.6 Å². The van der Waals surface area contributed by atoms with Crippen molar-refractivity contribution in [3.63, 3.8) is 0 Å². The van der Waals surface area contributed by atoms with Gasteiger partial charge >= 0.3 is 0 Å². The Labute approximate surface area is 183 Å². The van der Waals surface area contributed by atoms with Gasteiger partial charge in [0.25, 0.3) is 5.91 Å². The van der Waals surface area contributed by atoms with Gasteiger partial charge < -0.3 is 15.4 Å². The third-order valence-electron chi connectivity index (χ3n) is 5.09. The molecule has 0 aliphatic carbocycles. The molecular weight excluding hydrogens is 388 g/mol. The van der Waals surface area contributed by atoms with Crippen LogP contribution >= 0.6 is 0 Å². The first-order valence-electron chi connectivity index (χ1n) is 10.4. The summed E-state index contributed by atoms with van der Waals surface area (Å²) in [5, 5.41) is 5.82. The molecule has 0 spiro atoms. The fraction of sp³-hybridized carbons (Fsp3) is 0.231. The van der Waals surface area contributed by atoms with Crippen LogP contribution in [-0.4, -0.2) is 25.5 Å². The van der Waals surface area contributed by atoms with Crippen molar-refractivity contribution < 1.29 is 14.3 Å². The topological polar surface area (TPSA) is 67.4 Å². The van der Waals surface area contributed by atoms with Gasteiger partial charge in [-0.3, -0.25) is 9.59 Å². The van der Waals surface area contributed by atoms with Crippen LogP contribution in [0.2, 0.25) is 0 Å². The number of nitrogens with one attached hydrogen (secondary N) is 2. The van der Waals surface area contributed by atoms with E-state index in [1.807, 2.05) is 61.5 Å². The van der Waals surface area contributed by atoms with Crippen LogP contribution in [0.15, 0.2) is 72.8 Å². The average molecular weight is 417 g/mol. The van der Waals surface area contributed by atoms with E-state index in [1.165, 1.54) is 0 Å². The summed E-state index contributed by atoms with van der Waals surface area (Å²) in [4.78, 5) is 25.1. The van der Waals surface area contributed by atoms with Crippen LogP contribution in [0.3, 0.4) is 0 Å². The van der Waals surface area contributed by atoms with Crippen molar-refractivity contribution in [1.29, 1.82) is 0 Å². The molecule has 160 valence electrons. The molecule has 5 nitrogen and oxygen atoms in total. The number of para-hydroxylation sites is 1. The number of benzene rings is 3. The maximum atomic E-state index is 12.6. The summed E-state index contributed by atoms with van der Waals surface area (Å²) < 4.78 is 5.28. The SMILES string of the molecule is COc1ccc(CCC(=O)Nc2ccccc2C(=O)NCCc2ccccc2)cc1C. The first-order valence-corrected chi connectivity index (χ1v) is 10.4. The van der Waals surface area contributed by atoms with Gasteiger partial charge in [-0.05, 0) is 54.7 Å². The summed E-state index contributed by atoms with van der Waals surface area (Å²) in [5.74, 6) is 0.510. The zero-order chi connectivity index (χ0) is 22.1. The Morgan fingerprint density at radius 1 is 0.871 bits per heavy atom. The molecular formula is C26H28N2O3. The van der Waals surface area contributed by atoms with E-state index in [0.29, 0.717) is 30.6 Å². The summed E-state index contributed by atoms with van der Waals surface area (Å²) in [6.45, 7) is 2.51. The molecule has 0 bridgehead atoms. The zero-order valence-electron chi connectivity index (χ0n) is 18.0. The predicted octanol–water partition coefficient (Wildman–Crippen LogP) is 4.55. The van der Waals surface area contributed by atoms with Gasteiger partial charge in [-0.15, -0.1) is 0 Å². The van der Waals surface area contributed by atoms with Gasteiger partial charge in [0.05, 0.1) is 18.4 Å². The van der Waals surface area contributed by atoms with Crippen LogP contribution in [0.1, 0.15) is 33.5 Å². The molecule has 2 amide bonds. The molecule has 0 fully saturated rings. The zero-order valence-corrected chi connectivity index (χ0v) is 18.0. The van der Waals surface area contributed by atoms with E-state index >= 15 is 0 Å². The van der Waals surface area contributed by atoms with E-state index < -0.39 is 0 Å². The van der Waals surface area contributed by atoms with Gasteiger partial charge in [0, 0.05) is 13.0 Å². The number of ether oxygens (including phenoxy) is 1. The number of hydrogen-bond acceptors (Lipinski definition) is 3. The second kappa shape index (κ2) is 11.0. The van der Waals surface area contributed by atoms with Crippen molar-refractivity contribution in [2.45, 2.75) is 26.2 Å². The average Bonchev–Trinajstić information content (AvgIpc) is 2.79. The number of aryl methyl sites for hydroxylation is 2. The third kappa shape index (κ3) is 6.44. The molecule has 3 aromatic carbocycles. The summed E-state index contributed by atoms with van der Waals surface area (Å²) in [5.41, 5.74) is 4.26. The van der Waals surface area contributed by atoms with Crippen LogP contribution in [0.25, 0.3) is 0 Å². The van der Waals surface area contributed by atoms with E-state index in [1.54, 1.807) is 25.3 Å². The Morgan fingerprint density at radius 3 is 2.35 bits per heavy atom. The molecule has 31 heavy (non-hydrogen) atoms. The Bertz CT molecular complexity index is 1030. The molecule has 3 aromatic rings. The number of hydrogen-bond donors (Lipinski definition) is 2. The molecule has 0 saturated carbocycles. The largest absolute Gasteiger partial charge is 0.496 e. The summed E-state index contributed by atoms with van der Waals surface area (Å²) in [7, 11) is 1.64. The minimum Gasteiger partial charge on any atom is -0.496 e. The summed E-state index contributed by atoms with van der Waals surface area (Å²) in [6.07, 6.45) is 1.69. The fourth-order valence-corrected chi connectivity index (χ4v) is 3.42. The normalized spacial score (nSPS) is 10.4. The Balaban J connectivity index is 1.54. The molecule has 0 saturated heterocycles. The fourth-order valence-electron chi connectivity index (χ4n) is 3.42. The lowest BCUT2D eigenvalue weighted by Crippen LogP contribution is -2.27. The van der Waals surface area contributed by atoms with Gasteiger partial charge in [0.15, 0.2) is 0 Å². The Kier molecular flexibility index (Phi) is 7.82. The minimum absolute atomic E-state index is 0.127. The highest BCUT2D eigenvalue weighted by atomic mass is 16.5. The Morgan fingerprint density at radius 2 is 1.61 bits per heavy atom. The molecule has 3 rings (SSSR count). The van der Waals surface area contributed by atoms with Gasteiger partial charge in [0.1, 0.15) is 5.75 Å². The van der Waals surface area contributed by atoms with E-state index in [-0.39, 0.29) is 11.8 Å². The lowest BCUT2D eigenvalue weighted by Gasteiger charge is -2.12. The van der Waals surface area contributed by atoms with Crippen molar-refractivity contribution in [1.82, 2.24) is 5.32 Å². The Hall–Kier alpha value is -3.60. The first kappa shape index (κ1) is 22.1. The number of anilines is 1. The lowest BCUT2D eigenvalue weighted by atomic mass is 10.1. The third-order valence-corrected chi connectivity index (χ3v) is 5.09. The lowest BCUT2D eigenvalue weighted by molar-refractivity contribution is -0.116. The molecule has 0 aromatic heterocycles. The summed E-state index contributed by atoms with van der Waals surface area (Å²) in [6, 6.07) is 23.0. The van der Waals surface area contributed by atoms with E-state index in [0.717, 1.165) is 28.9 Å². The van der Waals surface area contributed by atoms with E-state index in [2.05, 4.69) is 10.6 Å². The first-order chi connectivity index (χ1) is 15.1. The van der Waals surface area contributed by atoms with Crippen LogP contribution in [0, 0.1) is 6.92 Å². The summed E-state index contributed by atoms with van der Waals surface area (Å²) >= 11 is 0. The predicted molar refractivity (Wildman–Crippen MR) is 124 cm³/mol. The van der Waals surface area contributed by atoms with E-state index in [4.69, 9.17) is 4.74 Å². The molecule has 0 aliphatic heterocycles. The molecule has 0 radical (unpaired) electrons. The quantitative estimate of drug-likeness (QED) is 0.538. The maximum Gasteiger partial charge on any atom is 0.253 e. The molecule has 2 N–H and O–H groups in total. The maximum absolute atomic E-state index is 12.6. The molecule has 0 heterocycles. The molecule has 5 heteroatoms. The van der Waals surface area contributed by atoms with Crippen LogP contribution < -0.4 is 15.4 Å². The molecule has 0 aliphatic rings.